The first kappa shape index (κ1) is 21.7. The van der Waals surface area contributed by atoms with Crippen LogP contribution in [0, 0.1) is 19.8 Å². The number of carbonyl (C=O) groups excluding carboxylic acids is 2. The van der Waals surface area contributed by atoms with Crippen molar-refractivity contribution in [1.82, 2.24) is 9.47 Å². The average molecular weight is 414 g/mol. The molecule has 2 heterocycles. The average Bonchev–Trinajstić information content (AvgIpc) is 3.01. The van der Waals surface area contributed by atoms with Crippen LogP contribution in [-0.4, -0.2) is 47.0 Å². The molecule has 6 heteroatoms. The molecular formula is C23H31N3O2S. The van der Waals surface area contributed by atoms with E-state index in [1.165, 1.54) is 4.90 Å². The van der Waals surface area contributed by atoms with Crippen molar-refractivity contribution in [2.75, 3.05) is 25.9 Å². The highest BCUT2D eigenvalue weighted by Gasteiger charge is 2.24. The fourth-order valence-corrected chi connectivity index (χ4v) is 4.81. The van der Waals surface area contributed by atoms with Gasteiger partial charge in [-0.2, -0.15) is 0 Å². The van der Waals surface area contributed by atoms with Gasteiger partial charge >= 0.3 is 0 Å². The van der Waals surface area contributed by atoms with Crippen LogP contribution in [0.1, 0.15) is 47.4 Å². The summed E-state index contributed by atoms with van der Waals surface area (Å²) in [5.41, 5.74) is 9.25. The summed E-state index contributed by atoms with van der Waals surface area (Å²) in [6.07, 6.45) is 5.50. The topological polar surface area (TPSA) is 68.3 Å². The first-order chi connectivity index (χ1) is 13.9. The minimum atomic E-state index is -0.240. The molecular weight excluding hydrogens is 382 g/mol. The molecule has 1 aromatic carbocycles. The molecule has 29 heavy (non-hydrogen) atoms. The Balaban J connectivity index is 1.72. The van der Waals surface area contributed by atoms with Crippen molar-refractivity contribution in [2.45, 2.75) is 44.4 Å². The number of hydrogen-bond donors (Lipinski definition) is 1. The first-order valence-electron chi connectivity index (χ1n) is 10.3. The number of nitrogens with two attached hydrogens (primary N) is 1. The third kappa shape index (κ3) is 5.31. The number of aryl methyl sites for hydroxylation is 1. The smallest absolute Gasteiger partial charge is 0.217 e. The molecule has 1 aromatic heterocycles. The second-order valence-corrected chi connectivity index (χ2v) is 8.87. The van der Waals surface area contributed by atoms with Gasteiger partial charge in [0.2, 0.25) is 5.91 Å². The standard InChI is InChI=1S/C23H31N3O2S/c1-16-12-21(17(2)26(16)19-7-4-8-20(13-19)29-3)22(27)15-25-11-5-6-18(14-25)9-10-23(24)28/h4,7-8,12-13,18H,5-6,9-11,14-15H2,1-3H3,(H2,24,28). The van der Waals surface area contributed by atoms with Crippen molar-refractivity contribution >= 4 is 23.5 Å². The monoisotopic (exact) mass is 413 g/mol. The van der Waals surface area contributed by atoms with E-state index in [1.54, 1.807) is 11.8 Å². The molecule has 2 aromatic rings. The van der Waals surface area contributed by atoms with Gasteiger partial charge in [-0.1, -0.05) is 6.07 Å². The van der Waals surface area contributed by atoms with Crippen molar-refractivity contribution in [1.29, 1.82) is 0 Å². The summed E-state index contributed by atoms with van der Waals surface area (Å²) in [6.45, 7) is 6.32. The van der Waals surface area contributed by atoms with Crippen molar-refractivity contribution in [3.05, 3.63) is 47.3 Å². The van der Waals surface area contributed by atoms with Gasteiger partial charge in [-0.25, -0.2) is 0 Å². The Labute approximate surface area is 177 Å². The molecule has 1 aliphatic rings. The van der Waals surface area contributed by atoms with Gasteiger partial charge in [-0.05, 0) is 76.1 Å². The number of likely N-dealkylation sites (tertiary alicyclic amines) is 1. The maximum absolute atomic E-state index is 13.1. The Hall–Kier alpha value is -2.05. The fraction of sp³-hybridized carbons (Fsp3) is 0.478. The summed E-state index contributed by atoms with van der Waals surface area (Å²) in [7, 11) is 0. The number of ketones is 1. The summed E-state index contributed by atoms with van der Waals surface area (Å²) in [6, 6.07) is 10.4. The minimum absolute atomic E-state index is 0.168. The van der Waals surface area contributed by atoms with Gasteiger partial charge in [0, 0.05) is 40.5 Å². The lowest BCUT2D eigenvalue weighted by molar-refractivity contribution is -0.118. The number of benzene rings is 1. The fourth-order valence-electron chi connectivity index (χ4n) is 4.36. The summed E-state index contributed by atoms with van der Waals surface area (Å²) >= 11 is 1.72. The van der Waals surface area contributed by atoms with E-state index in [0.29, 0.717) is 18.9 Å². The van der Waals surface area contributed by atoms with E-state index in [-0.39, 0.29) is 11.7 Å². The Morgan fingerprint density at radius 3 is 2.76 bits per heavy atom. The Morgan fingerprint density at radius 1 is 1.24 bits per heavy atom. The molecule has 1 unspecified atom stereocenters. The molecule has 5 nitrogen and oxygen atoms in total. The molecule has 0 radical (unpaired) electrons. The van der Waals surface area contributed by atoms with E-state index < -0.39 is 0 Å². The lowest BCUT2D eigenvalue weighted by Crippen LogP contribution is -2.39. The van der Waals surface area contributed by atoms with E-state index in [0.717, 1.165) is 55.0 Å². The van der Waals surface area contributed by atoms with Crippen LogP contribution in [0.25, 0.3) is 5.69 Å². The maximum Gasteiger partial charge on any atom is 0.217 e. The highest BCUT2D eigenvalue weighted by Crippen LogP contribution is 2.26. The molecule has 1 amide bonds. The number of carbonyl (C=O) groups is 2. The summed E-state index contributed by atoms with van der Waals surface area (Å²) in [5.74, 6) is 0.378. The predicted octanol–water partition coefficient (Wildman–Crippen LogP) is 3.98. The van der Waals surface area contributed by atoms with Crippen molar-refractivity contribution < 1.29 is 9.59 Å². The minimum Gasteiger partial charge on any atom is -0.370 e. The molecule has 2 N–H and O–H groups in total. The zero-order chi connectivity index (χ0) is 21.0. The van der Waals surface area contributed by atoms with E-state index in [2.05, 4.69) is 46.9 Å². The van der Waals surface area contributed by atoms with E-state index in [4.69, 9.17) is 5.73 Å². The number of nitrogens with zero attached hydrogens (tertiary/aromatic N) is 2. The van der Waals surface area contributed by atoms with Gasteiger partial charge in [0.05, 0.1) is 6.54 Å². The zero-order valence-electron chi connectivity index (χ0n) is 17.6. The lowest BCUT2D eigenvalue weighted by Gasteiger charge is -2.32. The molecule has 1 saturated heterocycles. The van der Waals surface area contributed by atoms with E-state index in [1.807, 2.05) is 13.0 Å². The quantitative estimate of drug-likeness (QED) is 0.525. The van der Waals surface area contributed by atoms with E-state index >= 15 is 0 Å². The van der Waals surface area contributed by atoms with Crippen LogP contribution in [0.3, 0.4) is 0 Å². The van der Waals surface area contributed by atoms with Crippen molar-refractivity contribution in [3.63, 3.8) is 0 Å². The molecule has 0 spiro atoms. The SMILES string of the molecule is CSc1cccc(-n2c(C)cc(C(=O)CN3CCCC(CCC(N)=O)C3)c2C)c1. The third-order valence-electron chi connectivity index (χ3n) is 5.81. The number of amides is 1. The van der Waals surface area contributed by atoms with Crippen molar-refractivity contribution in [3.8, 4) is 5.69 Å². The number of Topliss-reactive ketones (excluding diaryl/α,β-unsaturated/α-hetero) is 1. The van der Waals surface area contributed by atoms with Crippen LogP contribution in [0.2, 0.25) is 0 Å². The lowest BCUT2D eigenvalue weighted by atomic mass is 9.93. The van der Waals surface area contributed by atoms with Crippen LogP contribution in [0.4, 0.5) is 0 Å². The molecule has 0 aliphatic carbocycles. The molecule has 1 atom stereocenters. The van der Waals surface area contributed by atoms with Gasteiger partial charge in [0.25, 0.3) is 0 Å². The van der Waals surface area contributed by atoms with Crippen LogP contribution in [0.5, 0.6) is 0 Å². The predicted molar refractivity (Wildman–Crippen MR) is 119 cm³/mol. The van der Waals surface area contributed by atoms with Gasteiger partial charge in [-0.3, -0.25) is 14.5 Å². The van der Waals surface area contributed by atoms with Crippen LogP contribution < -0.4 is 5.73 Å². The summed E-state index contributed by atoms with van der Waals surface area (Å²) in [4.78, 5) is 27.6. The Kier molecular flexibility index (Phi) is 7.19. The number of hydrogen-bond acceptors (Lipinski definition) is 4. The molecule has 0 bridgehead atoms. The van der Waals surface area contributed by atoms with Gasteiger partial charge < -0.3 is 10.3 Å². The number of primary amides is 1. The highest BCUT2D eigenvalue weighted by atomic mass is 32.2. The second kappa shape index (κ2) is 9.63. The third-order valence-corrected chi connectivity index (χ3v) is 6.54. The number of aromatic nitrogens is 1. The molecule has 156 valence electrons. The summed E-state index contributed by atoms with van der Waals surface area (Å²) in [5, 5.41) is 0. The Bertz CT molecular complexity index is 890. The van der Waals surface area contributed by atoms with Crippen molar-refractivity contribution in [2.24, 2.45) is 11.7 Å². The highest BCUT2D eigenvalue weighted by molar-refractivity contribution is 7.98. The normalized spacial score (nSPS) is 17.4. The summed E-state index contributed by atoms with van der Waals surface area (Å²) < 4.78 is 2.17. The van der Waals surface area contributed by atoms with E-state index in [9.17, 15) is 9.59 Å². The maximum atomic E-state index is 13.1. The number of thioether (sulfide) groups is 1. The molecule has 1 fully saturated rings. The van der Waals surface area contributed by atoms with Gasteiger partial charge in [0.15, 0.2) is 5.78 Å². The molecule has 1 aliphatic heterocycles. The van der Waals surface area contributed by atoms with Crippen LogP contribution in [0.15, 0.2) is 35.2 Å². The molecule has 0 saturated carbocycles. The van der Waals surface area contributed by atoms with Crippen LogP contribution >= 0.6 is 11.8 Å². The zero-order valence-corrected chi connectivity index (χ0v) is 18.4. The van der Waals surface area contributed by atoms with Gasteiger partial charge in [-0.15, -0.1) is 11.8 Å². The number of piperidine rings is 1. The first-order valence-corrected chi connectivity index (χ1v) is 11.5. The molecule has 3 rings (SSSR count). The Morgan fingerprint density at radius 2 is 2.03 bits per heavy atom. The van der Waals surface area contributed by atoms with Crippen LogP contribution in [-0.2, 0) is 4.79 Å². The van der Waals surface area contributed by atoms with Gasteiger partial charge in [0.1, 0.15) is 0 Å². The largest absolute Gasteiger partial charge is 0.370 e. The second-order valence-electron chi connectivity index (χ2n) is 7.99. The number of rotatable bonds is 8.